The Bertz CT molecular complexity index is 774. The van der Waals surface area contributed by atoms with E-state index in [1.54, 1.807) is 24.3 Å². The number of halogens is 1. The zero-order chi connectivity index (χ0) is 19.5. The summed E-state index contributed by atoms with van der Waals surface area (Å²) in [6.07, 6.45) is 3.58. The number of amides is 2. The molecule has 27 heavy (non-hydrogen) atoms. The summed E-state index contributed by atoms with van der Waals surface area (Å²) in [5.41, 5.74) is 3.69. The van der Waals surface area contributed by atoms with Crippen molar-refractivity contribution in [3.8, 4) is 5.75 Å². The molecule has 6 nitrogen and oxygen atoms in total. The summed E-state index contributed by atoms with van der Waals surface area (Å²) in [5, 5.41) is 6.42. The fourth-order valence-corrected chi connectivity index (χ4v) is 2.33. The molecule has 0 unspecified atom stereocenters. The number of hydrogen-bond acceptors (Lipinski definition) is 4. The van der Waals surface area contributed by atoms with E-state index in [0.29, 0.717) is 12.2 Å². The highest BCUT2D eigenvalue weighted by atomic mass is 79.9. The molecule has 7 heteroatoms. The minimum Gasteiger partial charge on any atom is -0.494 e. The van der Waals surface area contributed by atoms with E-state index in [-0.39, 0.29) is 12.5 Å². The normalized spacial score (nSPS) is 10.6. The van der Waals surface area contributed by atoms with Gasteiger partial charge >= 0.3 is 0 Å². The molecule has 2 rings (SSSR count). The van der Waals surface area contributed by atoms with E-state index < -0.39 is 5.91 Å². The lowest BCUT2D eigenvalue weighted by molar-refractivity contribution is -0.120. The van der Waals surface area contributed by atoms with Gasteiger partial charge in [0.2, 0.25) is 0 Å². The summed E-state index contributed by atoms with van der Waals surface area (Å²) < 4.78 is 6.52. The number of nitrogens with one attached hydrogen (secondary N) is 2. The zero-order valence-electron chi connectivity index (χ0n) is 15.1. The van der Waals surface area contributed by atoms with Crippen molar-refractivity contribution >= 4 is 34.0 Å². The largest absolute Gasteiger partial charge is 0.494 e. The third-order valence-electron chi connectivity index (χ3n) is 3.57. The molecule has 0 heterocycles. The average molecular weight is 432 g/mol. The molecule has 0 aliphatic carbocycles. The molecule has 2 amide bonds. The molecule has 2 aromatic rings. The minimum absolute atomic E-state index is 0.161. The SMILES string of the molecule is CCCCOc1ccc(C(=O)NCC(=O)N/N=C/c2ccc(Br)cc2)cc1. The number of hydrogen-bond donors (Lipinski definition) is 2. The molecule has 0 saturated heterocycles. The second-order valence-electron chi connectivity index (χ2n) is 5.75. The van der Waals surface area contributed by atoms with E-state index in [0.717, 1.165) is 28.6 Å². The Balaban J connectivity index is 1.74. The Morgan fingerprint density at radius 1 is 1.11 bits per heavy atom. The summed E-state index contributed by atoms with van der Waals surface area (Å²) in [6.45, 7) is 2.59. The molecule has 0 atom stereocenters. The number of benzene rings is 2. The Morgan fingerprint density at radius 2 is 1.81 bits per heavy atom. The zero-order valence-corrected chi connectivity index (χ0v) is 16.7. The summed E-state index contributed by atoms with van der Waals surface area (Å²) in [5.74, 6) is -0.0154. The minimum atomic E-state index is -0.406. The van der Waals surface area contributed by atoms with Gasteiger partial charge in [0.15, 0.2) is 0 Å². The van der Waals surface area contributed by atoms with Gasteiger partial charge in [-0.1, -0.05) is 41.4 Å². The van der Waals surface area contributed by atoms with Gasteiger partial charge < -0.3 is 10.1 Å². The van der Waals surface area contributed by atoms with Crippen molar-refractivity contribution in [2.24, 2.45) is 5.10 Å². The number of ether oxygens (including phenoxy) is 1. The molecule has 2 aromatic carbocycles. The van der Waals surface area contributed by atoms with Crippen LogP contribution in [-0.4, -0.2) is 31.2 Å². The number of carbonyl (C=O) groups excluding carboxylic acids is 2. The monoisotopic (exact) mass is 431 g/mol. The molecule has 0 spiro atoms. The Kier molecular flexibility index (Phi) is 8.51. The van der Waals surface area contributed by atoms with Crippen molar-refractivity contribution in [2.45, 2.75) is 19.8 Å². The van der Waals surface area contributed by atoms with E-state index in [1.807, 2.05) is 24.3 Å². The molecular formula is C20H22BrN3O3. The molecule has 0 aliphatic rings. The van der Waals surface area contributed by atoms with Gasteiger partial charge in [-0.05, 0) is 48.4 Å². The highest BCUT2D eigenvalue weighted by molar-refractivity contribution is 9.10. The van der Waals surface area contributed by atoms with E-state index in [1.165, 1.54) is 6.21 Å². The third kappa shape index (κ3) is 7.62. The van der Waals surface area contributed by atoms with Gasteiger partial charge in [-0.2, -0.15) is 5.10 Å². The molecule has 2 N–H and O–H groups in total. The van der Waals surface area contributed by atoms with Crippen molar-refractivity contribution in [1.82, 2.24) is 10.7 Å². The van der Waals surface area contributed by atoms with Crippen LogP contribution in [0.3, 0.4) is 0 Å². The Labute approximate surface area is 167 Å². The second kappa shape index (κ2) is 11.1. The Morgan fingerprint density at radius 3 is 2.48 bits per heavy atom. The van der Waals surface area contributed by atoms with Crippen LogP contribution >= 0.6 is 15.9 Å². The van der Waals surface area contributed by atoms with Crippen LogP contribution in [0, 0.1) is 0 Å². The van der Waals surface area contributed by atoms with Gasteiger partial charge in [-0.3, -0.25) is 9.59 Å². The number of nitrogens with zero attached hydrogens (tertiary/aromatic N) is 1. The molecule has 0 bridgehead atoms. The van der Waals surface area contributed by atoms with Crippen LogP contribution in [0.1, 0.15) is 35.7 Å². The molecule has 0 aromatic heterocycles. The van der Waals surface area contributed by atoms with E-state index >= 15 is 0 Å². The number of rotatable bonds is 9. The Hall–Kier alpha value is -2.67. The lowest BCUT2D eigenvalue weighted by atomic mass is 10.2. The fourth-order valence-electron chi connectivity index (χ4n) is 2.07. The summed E-state index contributed by atoms with van der Waals surface area (Å²) in [7, 11) is 0. The first-order chi connectivity index (χ1) is 13.1. The maximum absolute atomic E-state index is 12.1. The van der Waals surface area contributed by atoms with Gasteiger partial charge in [-0.25, -0.2) is 5.43 Å². The maximum Gasteiger partial charge on any atom is 0.259 e. The summed E-state index contributed by atoms with van der Waals surface area (Å²) in [6, 6.07) is 14.3. The van der Waals surface area contributed by atoms with Crippen LogP contribution in [0.2, 0.25) is 0 Å². The van der Waals surface area contributed by atoms with E-state index in [2.05, 4.69) is 38.7 Å². The predicted octanol–water partition coefficient (Wildman–Crippen LogP) is 3.51. The van der Waals surface area contributed by atoms with Crippen LogP contribution in [0.4, 0.5) is 0 Å². The van der Waals surface area contributed by atoms with Crippen LogP contribution in [0.5, 0.6) is 5.75 Å². The number of unbranched alkanes of at least 4 members (excludes halogenated alkanes) is 1. The molecule has 0 radical (unpaired) electrons. The maximum atomic E-state index is 12.1. The third-order valence-corrected chi connectivity index (χ3v) is 4.09. The van der Waals surface area contributed by atoms with Crippen molar-refractivity contribution in [2.75, 3.05) is 13.2 Å². The standard InChI is InChI=1S/C20H22BrN3O3/c1-2-3-12-27-18-10-6-16(7-11-18)20(26)22-14-19(25)24-23-13-15-4-8-17(21)9-5-15/h4-11,13H,2-3,12,14H2,1H3,(H,22,26)(H,24,25)/b23-13+. The number of carbonyl (C=O) groups is 2. The molecular weight excluding hydrogens is 410 g/mol. The smallest absolute Gasteiger partial charge is 0.259 e. The highest BCUT2D eigenvalue weighted by Gasteiger charge is 2.07. The van der Waals surface area contributed by atoms with Crippen LogP contribution < -0.4 is 15.5 Å². The van der Waals surface area contributed by atoms with Gasteiger partial charge in [0.05, 0.1) is 19.4 Å². The van der Waals surface area contributed by atoms with Crippen molar-refractivity contribution in [3.05, 3.63) is 64.1 Å². The van der Waals surface area contributed by atoms with Gasteiger partial charge in [0.25, 0.3) is 11.8 Å². The van der Waals surface area contributed by atoms with Crippen molar-refractivity contribution < 1.29 is 14.3 Å². The fraction of sp³-hybridized carbons (Fsp3) is 0.250. The first kappa shape index (κ1) is 20.6. The highest BCUT2D eigenvalue weighted by Crippen LogP contribution is 2.12. The molecule has 0 saturated carbocycles. The van der Waals surface area contributed by atoms with E-state index in [4.69, 9.17) is 4.74 Å². The lowest BCUT2D eigenvalue weighted by Gasteiger charge is -2.07. The second-order valence-corrected chi connectivity index (χ2v) is 6.67. The van der Waals surface area contributed by atoms with Crippen molar-refractivity contribution in [1.29, 1.82) is 0 Å². The molecule has 142 valence electrons. The predicted molar refractivity (Wildman–Crippen MR) is 109 cm³/mol. The van der Waals surface area contributed by atoms with Gasteiger partial charge in [-0.15, -0.1) is 0 Å². The topological polar surface area (TPSA) is 79.8 Å². The van der Waals surface area contributed by atoms with Gasteiger partial charge in [0.1, 0.15) is 5.75 Å². The van der Waals surface area contributed by atoms with Gasteiger partial charge in [0, 0.05) is 10.0 Å². The lowest BCUT2D eigenvalue weighted by Crippen LogP contribution is -2.34. The first-order valence-corrected chi connectivity index (χ1v) is 9.46. The number of hydrazone groups is 1. The van der Waals surface area contributed by atoms with Crippen LogP contribution in [-0.2, 0) is 4.79 Å². The average Bonchev–Trinajstić information content (AvgIpc) is 2.68. The quantitative estimate of drug-likeness (QED) is 0.362. The molecule has 0 aliphatic heterocycles. The van der Waals surface area contributed by atoms with Crippen molar-refractivity contribution in [3.63, 3.8) is 0 Å². The van der Waals surface area contributed by atoms with E-state index in [9.17, 15) is 9.59 Å². The first-order valence-electron chi connectivity index (χ1n) is 8.67. The molecule has 0 fully saturated rings. The van der Waals surface area contributed by atoms with Crippen LogP contribution in [0.25, 0.3) is 0 Å². The van der Waals surface area contributed by atoms with Crippen LogP contribution in [0.15, 0.2) is 58.1 Å². The summed E-state index contributed by atoms with van der Waals surface area (Å²) >= 11 is 3.35. The summed E-state index contributed by atoms with van der Waals surface area (Å²) in [4.78, 5) is 23.8.